The average Bonchev–Trinajstić information content (AvgIpc) is 3.09. The van der Waals surface area contributed by atoms with Crippen molar-refractivity contribution in [3.05, 3.63) is 106 Å². The molecule has 0 fully saturated rings. The topological polar surface area (TPSA) is 66.5 Å². The van der Waals surface area contributed by atoms with Gasteiger partial charge in [-0.2, -0.15) is 10.1 Å². The van der Waals surface area contributed by atoms with Gasteiger partial charge in [-0.25, -0.2) is 0 Å². The van der Waals surface area contributed by atoms with E-state index >= 15 is 0 Å². The Morgan fingerprint density at radius 1 is 0.867 bits per heavy atom. The van der Waals surface area contributed by atoms with Gasteiger partial charge in [0.05, 0.1) is 5.69 Å². The molecule has 1 atom stereocenters. The number of aryl methyl sites for hydroxylation is 1. The molecule has 7 heteroatoms. The molecule has 6 nitrogen and oxygen atoms in total. The van der Waals surface area contributed by atoms with Gasteiger partial charge in [0.2, 0.25) is 0 Å². The van der Waals surface area contributed by atoms with Gasteiger partial charge >= 0.3 is 0 Å². The molecule has 1 aromatic heterocycles. The van der Waals surface area contributed by atoms with Crippen LogP contribution in [0.5, 0.6) is 0 Å². The summed E-state index contributed by atoms with van der Waals surface area (Å²) >= 11 is 6.11. The SMILES string of the molecule is Cc1nnc2n1-c1ccccc1C(c1ccc(Cl)cc1)=NN2C(O)c1ccccc1. The second-order valence-corrected chi connectivity index (χ2v) is 7.42. The molecule has 0 spiro atoms. The lowest BCUT2D eigenvalue weighted by molar-refractivity contribution is 0.170. The summed E-state index contributed by atoms with van der Waals surface area (Å²) < 4.78 is 1.91. The van der Waals surface area contributed by atoms with Crippen molar-refractivity contribution in [3.63, 3.8) is 0 Å². The molecule has 148 valence electrons. The summed E-state index contributed by atoms with van der Waals surface area (Å²) in [5.74, 6) is 1.15. The van der Waals surface area contributed by atoms with Crippen LogP contribution in [0.3, 0.4) is 0 Å². The van der Waals surface area contributed by atoms with E-state index in [0.29, 0.717) is 28.1 Å². The molecule has 0 amide bonds. The summed E-state index contributed by atoms with van der Waals surface area (Å²) in [6.07, 6.45) is -1.04. The maximum absolute atomic E-state index is 11.2. The van der Waals surface area contributed by atoms with Crippen LogP contribution in [0, 0.1) is 6.92 Å². The number of aliphatic hydroxyl groups is 1. The number of hydrazone groups is 1. The number of halogens is 1. The van der Waals surface area contributed by atoms with Crippen LogP contribution in [-0.4, -0.2) is 25.6 Å². The molecule has 0 aliphatic carbocycles. The summed E-state index contributed by atoms with van der Waals surface area (Å²) in [4.78, 5) is 0. The number of hydrogen-bond acceptors (Lipinski definition) is 5. The Morgan fingerprint density at radius 2 is 1.57 bits per heavy atom. The zero-order valence-electron chi connectivity index (χ0n) is 16.1. The van der Waals surface area contributed by atoms with E-state index in [0.717, 1.165) is 16.8 Å². The minimum atomic E-state index is -1.04. The van der Waals surface area contributed by atoms with Crippen molar-refractivity contribution in [1.29, 1.82) is 0 Å². The third-order valence-electron chi connectivity index (χ3n) is 5.07. The standard InChI is InChI=1S/C23H18ClN5O/c1-15-25-26-23-28(15)20-10-6-5-9-19(20)21(16-11-13-18(24)14-12-16)27-29(23)22(30)17-7-3-2-4-8-17/h2-14,22,30H,1H3. The van der Waals surface area contributed by atoms with E-state index in [1.54, 1.807) is 0 Å². The predicted octanol–water partition coefficient (Wildman–Crippen LogP) is 4.49. The number of para-hydroxylation sites is 1. The van der Waals surface area contributed by atoms with Gasteiger partial charge in [-0.05, 0) is 25.1 Å². The Kier molecular flexibility index (Phi) is 4.58. The molecule has 0 radical (unpaired) electrons. The predicted molar refractivity (Wildman–Crippen MR) is 117 cm³/mol. The Morgan fingerprint density at radius 3 is 2.33 bits per heavy atom. The molecule has 1 aliphatic heterocycles. The normalized spacial score (nSPS) is 13.8. The Labute approximate surface area is 178 Å². The second-order valence-electron chi connectivity index (χ2n) is 6.98. The zero-order chi connectivity index (χ0) is 20.7. The Hall–Kier alpha value is -3.48. The molecule has 1 N–H and O–H groups in total. The van der Waals surface area contributed by atoms with Gasteiger partial charge in [-0.1, -0.05) is 72.3 Å². The average molecular weight is 416 g/mol. The molecular weight excluding hydrogens is 398 g/mol. The van der Waals surface area contributed by atoms with Crippen LogP contribution in [-0.2, 0) is 0 Å². The fourth-order valence-electron chi connectivity index (χ4n) is 3.61. The highest BCUT2D eigenvalue weighted by molar-refractivity contribution is 6.30. The van der Waals surface area contributed by atoms with Crippen LogP contribution in [0.25, 0.3) is 5.69 Å². The van der Waals surface area contributed by atoms with E-state index in [9.17, 15) is 5.11 Å². The van der Waals surface area contributed by atoms with Crippen LogP contribution >= 0.6 is 11.6 Å². The first kappa shape index (κ1) is 18.5. The van der Waals surface area contributed by atoms with Crippen LogP contribution < -0.4 is 5.01 Å². The molecule has 3 aromatic carbocycles. The molecular formula is C23H18ClN5O. The maximum atomic E-state index is 11.2. The summed E-state index contributed by atoms with van der Waals surface area (Å²) in [6.45, 7) is 1.88. The quantitative estimate of drug-likeness (QED) is 0.535. The van der Waals surface area contributed by atoms with Crippen molar-refractivity contribution < 1.29 is 5.11 Å². The van der Waals surface area contributed by atoms with Crippen molar-refractivity contribution in [2.45, 2.75) is 13.2 Å². The number of anilines is 1. The van der Waals surface area contributed by atoms with E-state index in [1.165, 1.54) is 5.01 Å². The van der Waals surface area contributed by atoms with Crippen molar-refractivity contribution in [2.24, 2.45) is 5.10 Å². The summed E-state index contributed by atoms with van der Waals surface area (Å²) in [5.41, 5.74) is 4.10. The van der Waals surface area contributed by atoms with Crippen LogP contribution in [0.1, 0.15) is 28.7 Å². The van der Waals surface area contributed by atoms with Crippen molar-refractivity contribution in [1.82, 2.24) is 14.8 Å². The molecule has 0 bridgehead atoms. The molecule has 2 heterocycles. The Bertz CT molecular complexity index is 1230. The monoisotopic (exact) mass is 415 g/mol. The van der Waals surface area contributed by atoms with E-state index in [1.807, 2.05) is 90.4 Å². The molecule has 0 saturated carbocycles. The highest BCUT2D eigenvalue weighted by atomic mass is 35.5. The minimum Gasteiger partial charge on any atom is -0.368 e. The van der Waals surface area contributed by atoms with Gasteiger partial charge in [-0.3, -0.25) is 4.57 Å². The number of aliphatic hydroxyl groups excluding tert-OH is 1. The lowest BCUT2D eigenvalue weighted by Crippen LogP contribution is -2.26. The lowest BCUT2D eigenvalue weighted by Gasteiger charge is -2.23. The van der Waals surface area contributed by atoms with Gasteiger partial charge in [0.15, 0.2) is 6.23 Å². The highest BCUT2D eigenvalue weighted by Crippen LogP contribution is 2.33. The first-order valence-corrected chi connectivity index (χ1v) is 9.90. The smallest absolute Gasteiger partial charge is 0.255 e. The third kappa shape index (κ3) is 3.07. The molecule has 5 rings (SSSR count). The van der Waals surface area contributed by atoms with E-state index < -0.39 is 6.23 Å². The van der Waals surface area contributed by atoms with Crippen LogP contribution in [0.15, 0.2) is 84.0 Å². The van der Waals surface area contributed by atoms with Gasteiger partial charge in [0.1, 0.15) is 11.5 Å². The van der Waals surface area contributed by atoms with Crippen molar-refractivity contribution >= 4 is 23.3 Å². The fraction of sp³-hybridized carbons (Fsp3) is 0.0870. The summed E-state index contributed by atoms with van der Waals surface area (Å²) in [6, 6.07) is 24.8. The molecule has 4 aromatic rings. The molecule has 1 aliphatic rings. The van der Waals surface area contributed by atoms with Gasteiger partial charge < -0.3 is 5.11 Å². The number of hydrogen-bond donors (Lipinski definition) is 1. The molecule has 1 unspecified atom stereocenters. The second kappa shape index (κ2) is 7.40. The lowest BCUT2D eigenvalue weighted by atomic mass is 10.0. The van der Waals surface area contributed by atoms with Crippen molar-refractivity contribution in [2.75, 3.05) is 5.01 Å². The Balaban J connectivity index is 1.77. The van der Waals surface area contributed by atoms with Crippen molar-refractivity contribution in [3.8, 4) is 5.69 Å². The maximum Gasteiger partial charge on any atom is 0.255 e. The van der Waals surface area contributed by atoms with E-state index in [-0.39, 0.29) is 0 Å². The van der Waals surface area contributed by atoms with Crippen LogP contribution in [0.2, 0.25) is 5.02 Å². The van der Waals surface area contributed by atoms with E-state index in [4.69, 9.17) is 16.7 Å². The first-order valence-electron chi connectivity index (χ1n) is 9.52. The number of nitrogens with zero attached hydrogens (tertiary/aromatic N) is 5. The third-order valence-corrected chi connectivity index (χ3v) is 5.32. The van der Waals surface area contributed by atoms with Gasteiger partial charge in [0.25, 0.3) is 5.95 Å². The van der Waals surface area contributed by atoms with Gasteiger partial charge in [-0.15, -0.1) is 10.2 Å². The summed E-state index contributed by atoms with van der Waals surface area (Å²) in [7, 11) is 0. The zero-order valence-corrected chi connectivity index (χ0v) is 16.9. The van der Waals surface area contributed by atoms with Crippen LogP contribution in [0.4, 0.5) is 5.95 Å². The molecule has 30 heavy (non-hydrogen) atoms. The van der Waals surface area contributed by atoms with E-state index in [2.05, 4.69) is 10.2 Å². The summed E-state index contributed by atoms with van der Waals surface area (Å²) in [5, 5.41) is 26.9. The number of benzene rings is 3. The number of rotatable bonds is 3. The van der Waals surface area contributed by atoms with Gasteiger partial charge in [0, 0.05) is 21.7 Å². The fourth-order valence-corrected chi connectivity index (χ4v) is 3.73. The minimum absolute atomic E-state index is 0.445. The highest BCUT2D eigenvalue weighted by Gasteiger charge is 2.30. The first-order chi connectivity index (χ1) is 14.6. The molecule has 0 saturated heterocycles. The number of fused-ring (bicyclic) bond motifs is 3. The number of aromatic nitrogens is 3. The largest absolute Gasteiger partial charge is 0.368 e.